The second kappa shape index (κ2) is 2.92. The van der Waals surface area contributed by atoms with Gasteiger partial charge in [-0.05, 0) is 25.7 Å². The van der Waals surface area contributed by atoms with Crippen LogP contribution < -0.4 is 5.32 Å². The molecule has 2 aliphatic rings. The fraction of sp³-hybridized carbons (Fsp3) is 0.909. The smallest absolute Gasteiger partial charge is 0.266 e. The molecular weight excluding hydrogens is 200 g/mol. The van der Waals surface area contributed by atoms with E-state index in [1.807, 2.05) is 20.8 Å². The molecule has 2 rings (SSSR count). The maximum Gasteiger partial charge on any atom is 0.266 e. The summed E-state index contributed by atoms with van der Waals surface area (Å²) in [6.07, 6.45) is 1.02. The van der Waals surface area contributed by atoms with Crippen LogP contribution in [0.3, 0.4) is 0 Å². The molecule has 1 N–H and O–H groups in total. The van der Waals surface area contributed by atoms with Crippen molar-refractivity contribution in [2.75, 3.05) is 0 Å². The molecule has 0 heterocycles. The van der Waals surface area contributed by atoms with Crippen molar-refractivity contribution in [3.8, 4) is 0 Å². The van der Waals surface area contributed by atoms with Gasteiger partial charge in [-0.3, -0.25) is 4.79 Å². The summed E-state index contributed by atoms with van der Waals surface area (Å²) in [4.78, 5) is 11.6. The summed E-state index contributed by atoms with van der Waals surface area (Å²) >= 11 is 0. The molecule has 2 atom stereocenters. The molecule has 0 radical (unpaired) electrons. The summed E-state index contributed by atoms with van der Waals surface area (Å²) in [5, 5.41) is 2.67. The summed E-state index contributed by atoms with van der Waals surface area (Å²) in [7, 11) is 0. The number of amides is 1. The second-order valence-electron chi connectivity index (χ2n) is 5.25. The number of alkyl halides is 2. The number of halogens is 2. The minimum atomic E-state index is -2.74. The van der Waals surface area contributed by atoms with Crippen molar-refractivity contribution in [3.05, 3.63) is 0 Å². The van der Waals surface area contributed by atoms with Gasteiger partial charge in [-0.15, -0.1) is 0 Å². The van der Waals surface area contributed by atoms with Crippen LogP contribution in [-0.2, 0) is 4.79 Å². The van der Waals surface area contributed by atoms with Gasteiger partial charge in [0.05, 0.1) is 5.41 Å². The number of carbonyl (C=O) groups is 1. The van der Waals surface area contributed by atoms with E-state index >= 15 is 0 Å². The fourth-order valence-electron chi connectivity index (χ4n) is 2.16. The maximum atomic E-state index is 13.3. The number of hydrogen-bond donors (Lipinski definition) is 1. The molecule has 0 saturated heterocycles. The van der Waals surface area contributed by atoms with E-state index in [0.717, 1.165) is 0 Å². The topological polar surface area (TPSA) is 29.1 Å². The molecule has 0 bridgehead atoms. The SMILES string of the molecule is CC(C)[C@@H](C)NC(=O)C1C(F)(F)C12CC2. The van der Waals surface area contributed by atoms with Crippen LogP contribution in [0.5, 0.6) is 0 Å². The largest absolute Gasteiger partial charge is 0.353 e. The second-order valence-corrected chi connectivity index (χ2v) is 5.25. The van der Waals surface area contributed by atoms with E-state index in [-0.39, 0.29) is 12.0 Å². The third kappa shape index (κ3) is 1.37. The van der Waals surface area contributed by atoms with Gasteiger partial charge in [-0.1, -0.05) is 13.8 Å². The first-order valence-corrected chi connectivity index (χ1v) is 5.51. The predicted octanol–water partition coefficient (Wildman–Crippen LogP) is 2.19. The van der Waals surface area contributed by atoms with E-state index < -0.39 is 23.2 Å². The van der Waals surface area contributed by atoms with Crippen molar-refractivity contribution in [2.45, 2.75) is 45.6 Å². The maximum absolute atomic E-state index is 13.3. The minimum absolute atomic E-state index is 0.0373. The molecule has 1 unspecified atom stereocenters. The Labute approximate surface area is 88.4 Å². The summed E-state index contributed by atoms with van der Waals surface area (Å²) in [6, 6.07) is -0.0373. The lowest BCUT2D eigenvalue weighted by atomic mass is 10.1. The third-order valence-electron chi connectivity index (χ3n) is 3.92. The molecule has 0 aromatic rings. The average Bonchev–Trinajstić information content (AvgIpc) is 2.92. The lowest BCUT2D eigenvalue weighted by molar-refractivity contribution is -0.125. The van der Waals surface area contributed by atoms with Gasteiger partial charge in [-0.2, -0.15) is 0 Å². The first kappa shape index (κ1) is 10.8. The van der Waals surface area contributed by atoms with Crippen LogP contribution in [0.4, 0.5) is 8.78 Å². The molecule has 0 aromatic heterocycles. The van der Waals surface area contributed by atoms with Gasteiger partial charge in [0, 0.05) is 6.04 Å². The standard InChI is InChI=1S/C11H17F2NO/c1-6(2)7(3)14-9(15)8-10(4-5-10)11(8,12)13/h6-8H,4-5H2,1-3H3,(H,14,15)/t7-,8?/m1/s1. The summed E-state index contributed by atoms with van der Waals surface area (Å²) in [6.45, 7) is 5.77. The molecule has 2 saturated carbocycles. The van der Waals surface area contributed by atoms with Crippen LogP contribution in [0.1, 0.15) is 33.6 Å². The van der Waals surface area contributed by atoms with E-state index in [9.17, 15) is 13.6 Å². The molecular formula is C11H17F2NO. The van der Waals surface area contributed by atoms with Crippen LogP contribution in [0, 0.1) is 17.3 Å². The van der Waals surface area contributed by atoms with Crippen LogP contribution in [0.2, 0.25) is 0 Å². The van der Waals surface area contributed by atoms with Gasteiger partial charge >= 0.3 is 0 Å². The first-order chi connectivity index (χ1) is 6.83. The molecule has 0 aliphatic heterocycles. The quantitative estimate of drug-likeness (QED) is 0.771. The van der Waals surface area contributed by atoms with Crippen molar-refractivity contribution in [3.63, 3.8) is 0 Å². The molecule has 2 aliphatic carbocycles. The van der Waals surface area contributed by atoms with E-state index in [1.54, 1.807) is 0 Å². The number of rotatable bonds is 3. The Balaban J connectivity index is 1.94. The normalized spacial score (nSPS) is 31.5. The highest BCUT2D eigenvalue weighted by Gasteiger charge is 2.88. The number of nitrogens with one attached hydrogen (secondary N) is 1. The molecule has 4 heteroatoms. The Morgan fingerprint density at radius 2 is 1.87 bits per heavy atom. The molecule has 0 aromatic carbocycles. The van der Waals surface area contributed by atoms with Gasteiger partial charge in [-0.25, -0.2) is 8.78 Å². The Kier molecular flexibility index (Phi) is 2.11. The van der Waals surface area contributed by atoms with E-state index in [4.69, 9.17) is 0 Å². The van der Waals surface area contributed by atoms with Crippen LogP contribution in [0.25, 0.3) is 0 Å². The Hall–Kier alpha value is -0.670. The van der Waals surface area contributed by atoms with Crippen molar-refractivity contribution in [2.24, 2.45) is 17.3 Å². The highest BCUT2D eigenvalue weighted by Crippen LogP contribution is 2.79. The van der Waals surface area contributed by atoms with Gasteiger partial charge in [0.1, 0.15) is 5.92 Å². The number of hydrogen-bond acceptors (Lipinski definition) is 1. The summed E-state index contributed by atoms with van der Waals surface area (Å²) in [5.74, 6) is -3.98. The van der Waals surface area contributed by atoms with Crippen molar-refractivity contribution >= 4 is 5.91 Å². The van der Waals surface area contributed by atoms with Crippen LogP contribution >= 0.6 is 0 Å². The highest BCUT2D eigenvalue weighted by molar-refractivity contribution is 5.86. The lowest BCUT2D eigenvalue weighted by Crippen LogP contribution is -2.38. The summed E-state index contributed by atoms with van der Waals surface area (Å²) < 4.78 is 26.6. The van der Waals surface area contributed by atoms with Crippen LogP contribution in [0.15, 0.2) is 0 Å². The van der Waals surface area contributed by atoms with Gasteiger partial charge in [0.25, 0.3) is 5.92 Å². The molecule has 86 valence electrons. The molecule has 15 heavy (non-hydrogen) atoms. The van der Waals surface area contributed by atoms with Crippen molar-refractivity contribution in [1.82, 2.24) is 5.32 Å². The fourth-order valence-corrected chi connectivity index (χ4v) is 2.16. The Morgan fingerprint density at radius 3 is 2.20 bits per heavy atom. The van der Waals surface area contributed by atoms with Gasteiger partial charge in [0.15, 0.2) is 0 Å². The monoisotopic (exact) mass is 217 g/mol. The molecule has 1 amide bonds. The van der Waals surface area contributed by atoms with Crippen molar-refractivity contribution < 1.29 is 13.6 Å². The Morgan fingerprint density at radius 1 is 1.33 bits per heavy atom. The van der Waals surface area contributed by atoms with E-state index in [2.05, 4.69) is 5.32 Å². The van der Waals surface area contributed by atoms with Gasteiger partial charge < -0.3 is 5.32 Å². The minimum Gasteiger partial charge on any atom is -0.353 e. The van der Waals surface area contributed by atoms with Crippen molar-refractivity contribution in [1.29, 1.82) is 0 Å². The lowest BCUT2D eigenvalue weighted by Gasteiger charge is -2.17. The highest BCUT2D eigenvalue weighted by atomic mass is 19.3. The molecule has 2 fully saturated rings. The zero-order chi connectivity index (χ0) is 11.4. The van der Waals surface area contributed by atoms with E-state index in [1.165, 1.54) is 0 Å². The molecule has 1 spiro atoms. The number of carbonyl (C=O) groups excluding carboxylic acids is 1. The van der Waals surface area contributed by atoms with E-state index in [0.29, 0.717) is 12.8 Å². The average molecular weight is 217 g/mol. The predicted molar refractivity (Wildman–Crippen MR) is 52.5 cm³/mol. The van der Waals surface area contributed by atoms with Gasteiger partial charge in [0.2, 0.25) is 5.91 Å². The van der Waals surface area contributed by atoms with Crippen LogP contribution in [-0.4, -0.2) is 17.9 Å². The molecule has 2 nitrogen and oxygen atoms in total. The zero-order valence-corrected chi connectivity index (χ0v) is 9.31. The third-order valence-corrected chi connectivity index (χ3v) is 3.92. The first-order valence-electron chi connectivity index (χ1n) is 5.51. The Bertz CT molecular complexity index is 293. The summed E-state index contributed by atoms with van der Waals surface area (Å²) in [5.41, 5.74) is -0.937. The zero-order valence-electron chi connectivity index (χ0n) is 9.31.